The van der Waals surface area contributed by atoms with Crippen LogP contribution in [0.15, 0.2) is 18.7 Å². The molecular formula is C12H25N2O6P2+. The van der Waals surface area contributed by atoms with Crippen LogP contribution < -0.4 is 4.57 Å². The topological polar surface area (TPSA) is 124 Å². The first-order valence-electron chi connectivity index (χ1n) is 7.30. The zero-order chi connectivity index (χ0) is 16.8. The number of aryl methyl sites for hydroxylation is 1. The molecule has 0 saturated carbocycles. The van der Waals surface area contributed by atoms with Gasteiger partial charge in [0.2, 0.25) is 6.33 Å². The lowest BCUT2D eigenvalue weighted by molar-refractivity contribution is -0.694. The third kappa shape index (κ3) is 6.73. The van der Waals surface area contributed by atoms with Crippen LogP contribution >= 0.6 is 15.2 Å². The standard InChI is InChI=1S/C12H24N2O6P2/c1-2-3-4-5-6-7-13-8-9-14(11-13)10-12(21(15,16)17)22(18,19)20/h8-9,11-12H,2-7,10H2,1H3,(H3-,15,16,17,18,19,20)/p+1. The van der Waals surface area contributed by atoms with Crippen molar-refractivity contribution in [1.29, 1.82) is 0 Å². The van der Waals surface area contributed by atoms with Crippen molar-refractivity contribution < 1.29 is 33.3 Å². The van der Waals surface area contributed by atoms with E-state index < -0.39 is 27.1 Å². The van der Waals surface area contributed by atoms with Gasteiger partial charge in [0.05, 0.1) is 6.54 Å². The Kier molecular flexibility index (Phi) is 7.46. The fraction of sp³-hybridized carbons (Fsp3) is 0.750. The van der Waals surface area contributed by atoms with E-state index in [1.807, 2.05) is 4.57 Å². The molecule has 0 amide bonds. The van der Waals surface area contributed by atoms with E-state index in [1.165, 1.54) is 23.8 Å². The van der Waals surface area contributed by atoms with E-state index in [9.17, 15) is 9.13 Å². The lowest BCUT2D eigenvalue weighted by Crippen LogP contribution is -2.38. The van der Waals surface area contributed by atoms with Gasteiger partial charge in [-0.25, -0.2) is 9.13 Å². The average molecular weight is 355 g/mol. The monoisotopic (exact) mass is 355 g/mol. The highest BCUT2D eigenvalue weighted by Crippen LogP contribution is 2.59. The van der Waals surface area contributed by atoms with Crippen molar-refractivity contribution >= 4 is 15.2 Å². The lowest BCUT2D eigenvalue weighted by Gasteiger charge is -2.17. The molecule has 0 aliphatic carbocycles. The number of unbranched alkanes of at least 4 members (excludes halogenated alkanes) is 4. The molecule has 1 heterocycles. The molecule has 0 bridgehead atoms. The summed E-state index contributed by atoms with van der Waals surface area (Å²) in [5.74, 6) is 0. The van der Waals surface area contributed by atoms with E-state index in [1.54, 1.807) is 18.7 Å². The van der Waals surface area contributed by atoms with E-state index in [0.717, 1.165) is 19.4 Å². The second kappa shape index (κ2) is 8.39. The van der Waals surface area contributed by atoms with Gasteiger partial charge < -0.3 is 19.6 Å². The van der Waals surface area contributed by atoms with E-state index in [-0.39, 0.29) is 0 Å². The molecule has 0 unspecified atom stereocenters. The minimum absolute atomic E-state index is 0.419. The highest BCUT2D eigenvalue weighted by Gasteiger charge is 2.45. The van der Waals surface area contributed by atoms with Crippen LogP contribution in [0.3, 0.4) is 0 Å². The van der Waals surface area contributed by atoms with Gasteiger partial charge in [-0.2, -0.15) is 0 Å². The highest BCUT2D eigenvalue weighted by molar-refractivity contribution is 7.70. The summed E-state index contributed by atoms with van der Waals surface area (Å²) < 4.78 is 25.7. The van der Waals surface area contributed by atoms with Crippen molar-refractivity contribution in [1.82, 2.24) is 4.57 Å². The summed E-state index contributed by atoms with van der Waals surface area (Å²) in [7, 11) is -9.76. The number of nitrogens with zero attached hydrogens (tertiary/aromatic N) is 2. The van der Waals surface area contributed by atoms with Gasteiger partial charge in [0.15, 0.2) is 5.40 Å². The van der Waals surface area contributed by atoms with Gasteiger partial charge in [0.1, 0.15) is 18.9 Å². The summed E-state index contributed by atoms with van der Waals surface area (Å²) in [6.45, 7) is 2.50. The summed E-state index contributed by atoms with van der Waals surface area (Å²) in [6, 6.07) is 0. The molecule has 22 heavy (non-hydrogen) atoms. The number of hydrogen-bond donors (Lipinski definition) is 4. The summed E-state index contributed by atoms with van der Waals surface area (Å²) in [6.07, 6.45) is 10.6. The Labute approximate surface area is 130 Å². The molecule has 0 saturated heterocycles. The van der Waals surface area contributed by atoms with Crippen LogP contribution in [0.2, 0.25) is 0 Å². The Balaban J connectivity index is 2.60. The minimum Gasteiger partial charge on any atom is -0.324 e. The first-order valence-corrected chi connectivity index (χ1v) is 10.7. The molecule has 0 atom stereocenters. The van der Waals surface area contributed by atoms with Crippen molar-refractivity contribution in [3.8, 4) is 0 Å². The number of rotatable bonds is 10. The Morgan fingerprint density at radius 3 is 2.18 bits per heavy atom. The van der Waals surface area contributed by atoms with Gasteiger partial charge in [-0.15, -0.1) is 0 Å². The maximum absolute atomic E-state index is 11.2. The molecule has 4 N–H and O–H groups in total. The third-order valence-electron chi connectivity index (χ3n) is 3.42. The second-order valence-electron chi connectivity index (χ2n) is 5.42. The van der Waals surface area contributed by atoms with Gasteiger partial charge in [-0.05, 0) is 12.8 Å². The SMILES string of the molecule is CCCCCCCn1cc[n+](CC(P(=O)(O)O)P(=O)(O)O)c1. The van der Waals surface area contributed by atoms with E-state index in [4.69, 9.17) is 19.6 Å². The van der Waals surface area contributed by atoms with Crippen molar-refractivity contribution in [2.45, 2.75) is 57.5 Å². The van der Waals surface area contributed by atoms with Crippen LogP contribution in [0.4, 0.5) is 0 Å². The predicted molar refractivity (Wildman–Crippen MR) is 81.3 cm³/mol. The van der Waals surface area contributed by atoms with Crippen LogP contribution in [-0.2, 0) is 22.2 Å². The van der Waals surface area contributed by atoms with Crippen LogP contribution in [0, 0.1) is 0 Å². The Morgan fingerprint density at radius 2 is 1.64 bits per heavy atom. The number of imidazole rings is 1. The molecular weight excluding hydrogens is 330 g/mol. The van der Waals surface area contributed by atoms with Crippen LogP contribution in [0.1, 0.15) is 39.0 Å². The molecule has 1 aromatic heterocycles. The van der Waals surface area contributed by atoms with E-state index in [2.05, 4.69) is 6.92 Å². The second-order valence-corrected chi connectivity index (χ2v) is 9.43. The molecule has 1 rings (SSSR count). The largest absolute Gasteiger partial charge is 0.344 e. The van der Waals surface area contributed by atoms with Gasteiger partial charge >= 0.3 is 15.2 Å². The highest BCUT2D eigenvalue weighted by atomic mass is 31.2. The number of hydrogen-bond acceptors (Lipinski definition) is 2. The molecule has 0 aliphatic rings. The van der Waals surface area contributed by atoms with Gasteiger partial charge in [-0.1, -0.05) is 26.2 Å². The molecule has 8 nitrogen and oxygen atoms in total. The van der Waals surface area contributed by atoms with E-state index in [0.29, 0.717) is 0 Å². The summed E-state index contributed by atoms with van der Waals surface area (Å²) in [4.78, 5) is 36.4. The van der Waals surface area contributed by atoms with Crippen LogP contribution in [0.25, 0.3) is 0 Å². The average Bonchev–Trinajstić information content (AvgIpc) is 2.81. The summed E-state index contributed by atoms with van der Waals surface area (Å²) in [5.41, 5.74) is 0. The van der Waals surface area contributed by atoms with E-state index >= 15 is 0 Å². The predicted octanol–water partition coefficient (Wildman–Crippen LogP) is 1.43. The van der Waals surface area contributed by atoms with Crippen molar-refractivity contribution in [3.05, 3.63) is 18.7 Å². The van der Waals surface area contributed by atoms with Crippen LogP contribution in [0.5, 0.6) is 0 Å². The zero-order valence-electron chi connectivity index (χ0n) is 12.7. The zero-order valence-corrected chi connectivity index (χ0v) is 14.4. The van der Waals surface area contributed by atoms with Crippen LogP contribution in [-0.4, -0.2) is 29.5 Å². The molecule has 0 aliphatic heterocycles. The Morgan fingerprint density at radius 1 is 1.05 bits per heavy atom. The van der Waals surface area contributed by atoms with Crippen molar-refractivity contribution in [3.63, 3.8) is 0 Å². The first kappa shape index (κ1) is 19.6. The normalized spacial score (nSPS) is 13.0. The molecule has 0 spiro atoms. The van der Waals surface area contributed by atoms with Gasteiger partial charge in [0.25, 0.3) is 0 Å². The molecule has 0 aromatic carbocycles. The molecule has 1 aromatic rings. The van der Waals surface area contributed by atoms with Gasteiger partial charge in [-0.3, -0.25) is 9.13 Å². The summed E-state index contributed by atoms with van der Waals surface area (Å²) >= 11 is 0. The van der Waals surface area contributed by atoms with Gasteiger partial charge in [0, 0.05) is 0 Å². The Bertz CT molecular complexity index is 528. The minimum atomic E-state index is -4.88. The smallest absolute Gasteiger partial charge is 0.324 e. The Hall–Kier alpha value is -0.490. The maximum atomic E-state index is 11.2. The maximum Gasteiger partial charge on any atom is 0.344 e. The lowest BCUT2D eigenvalue weighted by atomic mass is 10.1. The molecule has 128 valence electrons. The summed E-state index contributed by atoms with van der Waals surface area (Å²) in [5, 5.41) is -2.01. The first-order chi connectivity index (χ1) is 10.1. The third-order valence-corrected chi connectivity index (χ3v) is 7.10. The fourth-order valence-electron chi connectivity index (χ4n) is 2.17. The fourth-order valence-corrected chi connectivity index (χ4v) is 4.54. The quantitative estimate of drug-likeness (QED) is 0.286. The molecule has 0 fully saturated rings. The van der Waals surface area contributed by atoms with Crippen molar-refractivity contribution in [2.24, 2.45) is 0 Å². The number of aromatic nitrogens is 2. The molecule has 10 heteroatoms. The molecule has 0 radical (unpaired) electrons. The van der Waals surface area contributed by atoms with Crippen molar-refractivity contribution in [2.75, 3.05) is 0 Å².